The van der Waals surface area contributed by atoms with Crippen molar-refractivity contribution < 1.29 is 9.90 Å². The van der Waals surface area contributed by atoms with Gasteiger partial charge in [-0.2, -0.15) is 0 Å². The van der Waals surface area contributed by atoms with Crippen molar-refractivity contribution in [1.82, 2.24) is 0 Å². The molecule has 0 saturated heterocycles. The molecule has 2 saturated carbocycles. The zero-order chi connectivity index (χ0) is 20.2. The molecule has 0 amide bonds. The fraction of sp³-hybridized carbons (Fsp3) is 0.960. The van der Waals surface area contributed by atoms with Crippen LogP contribution in [0.1, 0.15) is 122 Å². The summed E-state index contributed by atoms with van der Waals surface area (Å²) in [6, 6.07) is 0. The second-order valence-electron chi connectivity index (χ2n) is 9.90. The zero-order valence-electron chi connectivity index (χ0n) is 18.3. The molecule has 2 nitrogen and oxygen atoms in total. The third kappa shape index (κ3) is 9.34. The van der Waals surface area contributed by atoms with E-state index in [9.17, 15) is 9.90 Å². The number of carbonyl (C=O) groups is 1. The molecule has 0 radical (unpaired) electrons. The van der Waals surface area contributed by atoms with Gasteiger partial charge in [0, 0.05) is 3.92 Å². The van der Waals surface area contributed by atoms with Gasteiger partial charge in [0.1, 0.15) is 0 Å². The van der Waals surface area contributed by atoms with Crippen LogP contribution >= 0.6 is 22.6 Å². The summed E-state index contributed by atoms with van der Waals surface area (Å²) in [5.41, 5.74) is 0. The Labute approximate surface area is 188 Å². The van der Waals surface area contributed by atoms with E-state index >= 15 is 0 Å². The number of carboxylic acid groups (broad SMARTS) is 1. The number of hydrogen-bond donors (Lipinski definition) is 1. The van der Waals surface area contributed by atoms with Crippen molar-refractivity contribution in [2.45, 2.75) is 126 Å². The monoisotopic (exact) mass is 504 g/mol. The average molecular weight is 505 g/mol. The summed E-state index contributed by atoms with van der Waals surface area (Å²) in [6.45, 7) is 2.20. The van der Waals surface area contributed by atoms with Crippen molar-refractivity contribution in [1.29, 1.82) is 0 Å². The number of aliphatic carboxylic acids is 1. The fourth-order valence-corrected chi connectivity index (χ4v) is 6.49. The van der Waals surface area contributed by atoms with E-state index in [1.165, 1.54) is 103 Å². The van der Waals surface area contributed by atoms with Crippen LogP contribution in [0.5, 0.6) is 0 Å². The Morgan fingerprint density at radius 1 is 0.679 bits per heavy atom. The van der Waals surface area contributed by atoms with Gasteiger partial charge in [0.25, 0.3) is 0 Å². The van der Waals surface area contributed by atoms with E-state index in [2.05, 4.69) is 29.5 Å². The summed E-state index contributed by atoms with van der Waals surface area (Å²) in [5.74, 6) is 1.06. The first-order valence-corrected chi connectivity index (χ1v) is 13.7. The minimum Gasteiger partial charge on any atom is -0.481 e. The van der Waals surface area contributed by atoms with E-state index in [-0.39, 0.29) is 5.92 Å². The Kier molecular flexibility index (Phi) is 12.5. The number of alkyl halides is 1. The summed E-state index contributed by atoms with van der Waals surface area (Å²) >= 11 is 2.66. The molecule has 164 valence electrons. The second kappa shape index (κ2) is 14.2. The van der Waals surface area contributed by atoms with Gasteiger partial charge in [-0.15, -0.1) is 0 Å². The lowest BCUT2D eigenvalue weighted by Crippen LogP contribution is -2.28. The third-order valence-electron chi connectivity index (χ3n) is 7.65. The molecule has 0 aromatic carbocycles. The van der Waals surface area contributed by atoms with E-state index in [0.717, 1.165) is 22.7 Å². The normalized spacial score (nSPS) is 33.8. The van der Waals surface area contributed by atoms with Crippen LogP contribution in [0.3, 0.4) is 0 Å². The van der Waals surface area contributed by atoms with Gasteiger partial charge in [-0.3, -0.25) is 4.79 Å². The quantitative estimate of drug-likeness (QED) is 0.303. The van der Waals surface area contributed by atoms with Crippen molar-refractivity contribution >= 4 is 28.6 Å². The van der Waals surface area contributed by atoms with Crippen molar-refractivity contribution in [2.24, 2.45) is 23.7 Å². The molecule has 0 heterocycles. The summed E-state index contributed by atoms with van der Waals surface area (Å²) in [4.78, 5) is 12.1. The molecule has 4 unspecified atom stereocenters. The van der Waals surface area contributed by atoms with Gasteiger partial charge in [-0.1, -0.05) is 113 Å². The third-order valence-corrected chi connectivity index (χ3v) is 8.90. The topological polar surface area (TPSA) is 37.3 Å². The first-order chi connectivity index (χ1) is 13.6. The summed E-state index contributed by atoms with van der Waals surface area (Å²) < 4.78 is 0.781. The fourth-order valence-electron chi connectivity index (χ4n) is 5.69. The molecule has 3 heteroatoms. The molecule has 0 spiro atoms. The molecular formula is C25H45IO2. The number of halogens is 1. The Balaban J connectivity index is 2.08. The standard InChI is InChI=1S/C25H45IO2/c1-20-13-11-12-16-23(26)18-17-22(19-24(20)25(27)28)21-14-9-7-5-3-2-4-6-8-10-15-21/h20-24H,2-19H2,1H3,(H,27,28). The van der Waals surface area contributed by atoms with Gasteiger partial charge < -0.3 is 5.11 Å². The smallest absolute Gasteiger partial charge is 0.306 e. The molecule has 0 aliphatic heterocycles. The number of carboxylic acids is 1. The van der Waals surface area contributed by atoms with Gasteiger partial charge in [0.2, 0.25) is 0 Å². The van der Waals surface area contributed by atoms with Crippen molar-refractivity contribution in [3.8, 4) is 0 Å². The first-order valence-electron chi connectivity index (χ1n) is 12.4. The maximum Gasteiger partial charge on any atom is 0.306 e. The first kappa shape index (κ1) is 24.5. The van der Waals surface area contributed by atoms with Crippen molar-refractivity contribution in [3.63, 3.8) is 0 Å². The summed E-state index contributed by atoms with van der Waals surface area (Å²) in [6.07, 6.45) is 23.7. The highest BCUT2D eigenvalue weighted by Gasteiger charge is 2.32. The van der Waals surface area contributed by atoms with Crippen LogP contribution < -0.4 is 0 Å². The van der Waals surface area contributed by atoms with Crippen LogP contribution in [0.4, 0.5) is 0 Å². The van der Waals surface area contributed by atoms with Crippen LogP contribution in [-0.2, 0) is 4.79 Å². The molecule has 2 aliphatic rings. The predicted molar refractivity (Wildman–Crippen MR) is 128 cm³/mol. The van der Waals surface area contributed by atoms with Gasteiger partial charge in [-0.25, -0.2) is 0 Å². The molecule has 2 rings (SSSR count). The lowest BCUT2D eigenvalue weighted by molar-refractivity contribution is -0.144. The molecule has 1 N–H and O–H groups in total. The zero-order valence-corrected chi connectivity index (χ0v) is 20.5. The highest BCUT2D eigenvalue weighted by atomic mass is 127. The Hall–Kier alpha value is 0.200. The Morgan fingerprint density at radius 3 is 1.75 bits per heavy atom. The van der Waals surface area contributed by atoms with E-state index in [4.69, 9.17) is 0 Å². The van der Waals surface area contributed by atoms with Gasteiger partial charge in [0.05, 0.1) is 5.92 Å². The largest absolute Gasteiger partial charge is 0.481 e. The van der Waals surface area contributed by atoms with Crippen LogP contribution in [-0.4, -0.2) is 15.0 Å². The molecule has 0 aromatic heterocycles. The maximum absolute atomic E-state index is 12.1. The lowest BCUT2D eigenvalue weighted by atomic mass is 9.73. The molecule has 28 heavy (non-hydrogen) atoms. The highest BCUT2D eigenvalue weighted by Crippen LogP contribution is 2.38. The molecular weight excluding hydrogens is 459 g/mol. The molecule has 2 aliphatic carbocycles. The van der Waals surface area contributed by atoms with E-state index in [0.29, 0.717) is 11.8 Å². The van der Waals surface area contributed by atoms with Gasteiger partial charge >= 0.3 is 5.97 Å². The maximum atomic E-state index is 12.1. The molecule has 0 bridgehead atoms. The van der Waals surface area contributed by atoms with Gasteiger partial charge in [0.15, 0.2) is 0 Å². The lowest BCUT2D eigenvalue weighted by Gasteiger charge is -2.32. The molecule has 4 atom stereocenters. The van der Waals surface area contributed by atoms with Gasteiger partial charge in [-0.05, 0) is 49.9 Å². The second-order valence-corrected chi connectivity index (χ2v) is 11.7. The van der Waals surface area contributed by atoms with Crippen molar-refractivity contribution in [3.05, 3.63) is 0 Å². The highest BCUT2D eigenvalue weighted by molar-refractivity contribution is 14.1. The van der Waals surface area contributed by atoms with Crippen molar-refractivity contribution in [2.75, 3.05) is 0 Å². The molecule has 2 fully saturated rings. The van der Waals surface area contributed by atoms with E-state index < -0.39 is 5.97 Å². The molecule has 0 aromatic rings. The average Bonchev–Trinajstić information content (AvgIpc) is 2.68. The Morgan fingerprint density at radius 2 is 1.18 bits per heavy atom. The minimum atomic E-state index is -0.532. The number of hydrogen-bond acceptors (Lipinski definition) is 1. The van der Waals surface area contributed by atoms with E-state index in [1.807, 2.05) is 0 Å². The van der Waals surface area contributed by atoms with Crippen LogP contribution in [0.25, 0.3) is 0 Å². The predicted octanol–water partition coefficient (Wildman–Crippen LogP) is 8.41. The summed E-state index contributed by atoms with van der Waals surface area (Å²) in [7, 11) is 0. The SMILES string of the molecule is CC1CCCCC(I)CCC(C2CCCCCCCCCCC2)CC1C(=O)O. The Bertz CT molecular complexity index is 413. The van der Waals surface area contributed by atoms with Crippen LogP contribution in [0.15, 0.2) is 0 Å². The minimum absolute atomic E-state index is 0.128. The van der Waals surface area contributed by atoms with Crippen LogP contribution in [0.2, 0.25) is 0 Å². The summed E-state index contributed by atoms with van der Waals surface area (Å²) in [5, 5.41) is 9.98. The van der Waals surface area contributed by atoms with Crippen LogP contribution in [0, 0.1) is 23.7 Å². The van der Waals surface area contributed by atoms with E-state index in [1.54, 1.807) is 0 Å². The number of rotatable bonds is 2.